The van der Waals surface area contributed by atoms with Gasteiger partial charge >= 0.3 is 11.9 Å². The quantitative estimate of drug-likeness (QED) is 0.376. The Labute approximate surface area is 181 Å². The van der Waals surface area contributed by atoms with Gasteiger partial charge in [0.05, 0.1) is 16.8 Å². The van der Waals surface area contributed by atoms with E-state index in [4.69, 9.17) is 9.52 Å². The molecule has 1 atom stereocenters. The molecule has 4 rings (SSSR count). The summed E-state index contributed by atoms with van der Waals surface area (Å²) in [5.41, 5.74) is 1.16. The first kappa shape index (κ1) is 21.5. The number of sulfonamides is 1. The monoisotopic (exact) mass is 458 g/mol. The standard InChI is InChI=1S/C20H18N4O7S/c1-10(2)18(20(27)28)22-32(29,30)12-4-6-16-14(8-12)13-5-3-11(7-17(13)31-16)24-9-15(19(25)26)21-23-24/h3-10,18,22H,1-2H3,(H,25,26)(H,27,28). The highest BCUT2D eigenvalue weighted by Crippen LogP contribution is 2.32. The van der Waals surface area contributed by atoms with Crippen LogP contribution in [0.15, 0.2) is 51.9 Å². The molecule has 0 aliphatic heterocycles. The van der Waals surface area contributed by atoms with Gasteiger partial charge in [-0.3, -0.25) is 4.79 Å². The van der Waals surface area contributed by atoms with Gasteiger partial charge in [-0.25, -0.2) is 17.9 Å². The predicted molar refractivity (Wildman–Crippen MR) is 112 cm³/mol. The molecule has 0 spiro atoms. The number of nitrogens with zero attached hydrogens (tertiary/aromatic N) is 3. The number of nitrogens with one attached hydrogen (secondary N) is 1. The fourth-order valence-electron chi connectivity index (χ4n) is 3.25. The van der Waals surface area contributed by atoms with E-state index >= 15 is 0 Å². The molecule has 0 bridgehead atoms. The van der Waals surface area contributed by atoms with Gasteiger partial charge in [-0.1, -0.05) is 19.1 Å². The number of hydrogen-bond acceptors (Lipinski definition) is 7. The van der Waals surface area contributed by atoms with Gasteiger partial charge in [0, 0.05) is 16.8 Å². The Hall–Kier alpha value is -3.77. The van der Waals surface area contributed by atoms with Crippen molar-refractivity contribution in [1.29, 1.82) is 0 Å². The second kappa shape index (κ2) is 7.73. The number of carboxylic acids is 2. The Kier molecular flexibility index (Phi) is 5.18. The number of aromatic nitrogens is 3. The zero-order valence-electron chi connectivity index (χ0n) is 16.9. The zero-order valence-corrected chi connectivity index (χ0v) is 17.7. The van der Waals surface area contributed by atoms with Gasteiger partial charge < -0.3 is 14.6 Å². The maximum absolute atomic E-state index is 12.8. The van der Waals surface area contributed by atoms with Crippen molar-refractivity contribution < 1.29 is 32.6 Å². The van der Waals surface area contributed by atoms with E-state index in [9.17, 15) is 23.1 Å². The second-order valence-corrected chi connectivity index (χ2v) is 9.19. The molecule has 0 aliphatic rings. The second-order valence-electron chi connectivity index (χ2n) is 7.48. The molecule has 166 valence electrons. The third-order valence-corrected chi connectivity index (χ3v) is 6.37. The minimum absolute atomic E-state index is 0.0916. The number of aliphatic carboxylic acids is 1. The number of fused-ring (bicyclic) bond motifs is 3. The summed E-state index contributed by atoms with van der Waals surface area (Å²) in [6, 6.07) is 7.96. The molecule has 0 saturated heterocycles. The third kappa shape index (κ3) is 3.81. The summed E-state index contributed by atoms with van der Waals surface area (Å²) in [7, 11) is -4.09. The van der Waals surface area contributed by atoms with Crippen LogP contribution >= 0.6 is 0 Å². The van der Waals surface area contributed by atoms with Crippen molar-refractivity contribution in [2.75, 3.05) is 0 Å². The summed E-state index contributed by atoms with van der Waals surface area (Å²) in [6.07, 6.45) is 1.26. The maximum atomic E-state index is 12.8. The van der Waals surface area contributed by atoms with Crippen molar-refractivity contribution >= 4 is 43.9 Å². The number of rotatable bonds is 7. The Morgan fingerprint density at radius 3 is 2.44 bits per heavy atom. The van der Waals surface area contributed by atoms with Crippen LogP contribution in [0.3, 0.4) is 0 Å². The Balaban J connectivity index is 1.74. The molecule has 11 nitrogen and oxygen atoms in total. The number of hydrogen-bond donors (Lipinski definition) is 3. The van der Waals surface area contributed by atoms with Crippen molar-refractivity contribution in [3.63, 3.8) is 0 Å². The van der Waals surface area contributed by atoms with E-state index < -0.39 is 33.9 Å². The Bertz CT molecular complexity index is 1470. The van der Waals surface area contributed by atoms with E-state index in [-0.39, 0.29) is 10.6 Å². The van der Waals surface area contributed by atoms with Crippen LogP contribution in [0.4, 0.5) is 0 Å². The molecule has 0 amide bonds. The maximum Gasteiger partial charge on any atom is 0.358 e. The van der Waals surface area contributed by atoms with Gasteiger partial charge in [0.1, 0.15) is 17.2 Å². The normalized spacial score (nSPS) is 13.1. The highest BCUT2D eigenvalue weighted by atomic mass is 32.2. The van der Waals surface area contributed by atoms with Crippen LogP contribution in [-0.4, -0.2) is 51.6 Å². The van der Waals surface area contributed by atoms with Crippen LogP contribution in [0.2, 0.25) is 0 Å². The zero-order chi connectivity index (χ0) is 23.2. The molecule has 0 aliphatic carbocycles. The summed E-state index contributed by atoms with van der Waals surface area (Å²) in [5.74, 6) is -2.91. The summed E-state index contributed by atoms with van der Waals surface area (Å²) in [4.78, 5) is 22.3. The van der Waals surface area contributed by atoms with Crippen LogP contribution < -0.4 is 4.72 Å². The smallest absolute Gasteiger partial charge is 0.358 e. The third-order valence-electron chi connectivity index (χ3n) is 4.93. The average molecular weight is 458 g/mol. The Morgan fingerprint density at radius 1 is 1.06 bits per heavy atom. The lowest BCUT2D eigenvalue weighted by molar-refractivity contribution is -0.140. The van der Waals surface area contributed by atoms with E-state index in [0.717, 1.165) is 0 Å². The topological polar surface area (TPSA) is 165 Å². The van der Waals surface area contributed by atoms with Crippen molar-refractivity contribution in [2.24, 2.45) is 5.92 Å². The number of carboxylic acid groups (broad SMARTS) is 2. The van der Waals surface area contributed by atoms with Gasteiger partial charge in [-0.2, -0.15) is 4.72 Å². The first-order valence-corrected chi connectivity index (χ1v) is 10.9. The SMILES string of the molecule is CC(C)C(NS(=O)(=O)c1ccc2oc3cc(-n4cc(C(=O)O)nn4)ccc3c2c1)C(=O)O. The molecule has 3 N–H and O–H groups in total. The molecular formula is C20H18N4O7S. The minimum atomic E-state index is -4.09. The summed E-state index contributed by atoms with van der Waals surface area (Å²) in [5, 5.41) is 26.8. The highest BCUT2D eigenvalue weighted by Gasteiger charge is 2.28. The first-order valence-electron chi connectivity index (χ1n) is 9.44. The van der Waals surface area contributed by atoms with Gasteiger partial charge in [-0.15, -0.1) is 5.10 Å². The fraction of sp³-hybridized carbons (Fsp3) is 0.200. The molecule has 2 heterocycles. The largest absolute Gasteiger partial charge is 0.480 e. The molecule has 32 heavy (non-hydrogen) atoms. The molecule has 0 saturated carbocycles. The molecule has 4 aromatic rings. The lowest BCUT2D eigenvalue weighted by atomic mass is 10.1. The molecule has 12 heteroatoms. The van der Waals surface area contributed by atoms with Crippen molar-refractivity contribution in [1.82, 2.24) is 19.7 Å². The fourth-order valence-corrected chi connectivity index (χ4v) is 4.61. The van der Waals surface area contributed by atoms with Crippen LogP contribution in [0.5, 0.6) is 0 Å². The number of benzene rings is 2. The Morgan fingerprint density at radius 2 is 1.81 bits per heavy atom. The summed E-state index contributed by atoms with van der Waals surface area (Å²) >= 11 is 0. The van der Waals surface area contributed by atoms with E-state index in [1.807, 2.05) is 0 Å². The van der Waals surface area contributed by atoms with Gasteiger partial charge in [0.15, 0.2) is 5.69 Å². The van der Waals surface area contributed by atoms with E-state index in [0.29, 0.717) is 27.6 Å². The number of furan rings is 1. The first-order chi connectivity index (χ1) is 15.1. The van der Waals surface area contributed by atoms with Gasteiger partial charge in [-0.05, 0) is 36.2 Å². The van der Waals surface area contributed by atoms with E-state index in [1.165, 1.54) is 29.1 Å². The van der Waals surface area contributed by atoms with E-state index in [1.54, 1.807) is 32.0 Å². The van der Waals surface area contributed by atoms with Crippen LogP contribution in [0.1, 0.15) is 24.3 Å². The molecule has 2 aromatic heterocycles. The molecular weight excluding hydrogens is 440 g/mol. The lowest BCUT2D eigenvalue weighted by Gasteiger charge is -2.17. The van der Waals surface area contributed by atoms with Crippen LogP contribution in [-0.2, 0) is 14.8 Å². The minimum Gasteiger partial charge on any atom is -0.480 e. The molecule has 0 radical (unpaired) electrons. The lowest BCUT2D eigenvalue weighted by Crippen LogP contribution is -2.44. The summed E-state index contributed by atoms with van der Waals surface area (Å²) in [6.45, 7) is 3.22. The van der Waals surface area contributed by atoms with Crippen molar-refractivity contribution in [2.45, 2.75) is 24.8 Å². The molecule has 1 unspecified atom stereocenters. The summed E-state index contributed by atoms with van der Waals surface area (Å²) < 4.78 is 34.9. The number of carbonyl (C=O) groups is 2. The van der Waals surface area contributed by atoms with Crippen LogP contribution in [0, 0.1) is 5.92 Å². The highest BCUT2D eigenvalue weighted by molar-refractivity contribution is 7.89. The van der Waals surface area contributed by atoms with Gasteiger partial charge in [0.2, 0.25) is 10.0 Å². The van der Waals surface area contributed by atoms with Gasteiger partial charge in [0.25, 0.3) is 0 Å². The average Bonchev–Trinajstić information content (AvgIpc) is 3.35. The molecule has 0 fully saturated rings. The molecule has 2 aromatic carbocycles. The number of aromatic carboxylic acids is 1. The van der Waals surface area contributed by atoms with Crippen molar-refractivity contribution in [3.05, 3.63) is 48.3 Å². The van der Waals surface area contributed by atoms with Crippen molar-refractivity contribution in [3.8, 4) is 5.69 Å². The van der Waals surface area contributed by atoms with E-state index in [2.05, 4.69) is 15.0 Å². The van der Waals surface area contributed by atoms with Crippen LogP contribution in [0.25, 0.3) is 27.6 Å². The predicted octanol–water partition coefficient (Wildman–Crippen LogP) is 2.25.